The van der Waals surface area contributed by atoms with Gasteiger partial charge in [0, 0.05) is 9.13 Å². The Bertz CT molecular complexity index is 356. The van der Waals surface area contributed by atoms with Crippen LogP contribution in [0.2, 0.25) is 0 Å². The molecule has 90 valence electrons. The zero-order valence-electron chi connectivity index (χ0n) is 10.8. The van der Waals surface area contributed by atoms with Gasteiger partial charge < -0.3 is 4.74 Å². The Kier molecular flexibility index (Phi) is 5.09. The zero-order valence-corrected chi connectivity index (χ0v) is 13.0. The molecule has 0 fully saturated rings. The van der Waals surface area contributed by atoms with Gasteiger partial charge in [0.2, 0.25) is 0 Å². The zero-order chi connectivity index (χ0) is 12.3. The minimum absolute atomic E-state index is 0.551. The maximum Gasteiger partial charge on any atom is 0.123 e. The van der Waals surface area contributed by atoms with E-state index in [0.717, 1.165) is 12.4 Å². The Hall–Kier alpha value is -0.250. The van der Waals surface area contributed by atoms with Gasteiger partial charge in [0.25, 0.3) is 0 Å². The Morgan fingerprint density at radius 2 is 1.81 bits per heavy atom. The molecule has 0 aromatic heterocycles. The van der Waals surface area contributed by atoms with E-state index in [0.29, 0.717) is 11.8 Å². The Balaban J connectivity index is 2.97. The van der Waals surface area contributed by atoms with E-state index < -0.39 is 0 Å². The van der Waals surface area contributed by atoms with Crippen LogP contribution >= 0.6 is 22.6 Å². The number of ether oxygens (including phenoxy) is 1. The number of hydrogen-bond acceptors (Lipinski definition) is 1. The first kappa shape index (κ1) is 13.8. The first-order valence-electron chi connectivity index (χ1n) is 5.84. The van der Waals surface area contributed by atoms with Crippen LogP contribution in [0.25, 0.3) is 0 Å². The van der Waals surface area contributed by atoms with E-state index in [4.69, 9.17) is 4.74 Å². The standard InChI is InChI=1S/C14H21IO/c1-9(2)8-16-14-7-12(10(3)4)6-13(15)11(14)5/h6-7,9-10H,8H2,1-5H3. The summed E-state index contributed by atoms with van der Waals surface area (Å²) in [5, 5.41) is 0. The predicted octanol–water partition coefficient (Wildman–Crippen LogP) is 4.76. The fourth-order valence-electron chi connectivity index (χ4n) is 1.41. The van der Waals surface area contributed by atoms with E-state index >= 15 is 0 Å². The molecule has 0 heterocycles. The Labute approximate surface area is 113 Å². The molecule has 0 atom stereocenters. The lowest BCUT2D eigenvalue weighted by molar-refractivity contribution is 0.269. The van der Waals surface area contributed by atoms with Gasteiger partial charge in [0.1, 0.15) is 5.75 Å². The molecule has 0 aliphatic carbocycles. The van der Waals surface area contributed by atoms with E-state index in [2.05, 4.69) is 69.3 Å². The van der Waals surface area contributed by atoms with Crippen LogP contribution in [0.15, 0.2) is 12.1 Å². The summed E-state index contributed by atoms with van der Waals surface area (Å²) in [6, 6.07) is 4.44. The molecule has 0 saturated heterocycles. The van der Waals surface area contributed by atoms with Crippen LogP contribution in [0.5, 0.6) is 5.75 Å². The van der Waals surface area contributed by atoms with Gasteiger partial charge in [0.15, 0.2) is 0 Å². The van der Waals surface area contributed by atoms with Gasteiger partial charge in [-0.05, 0) is 59.0 Å². The highest BCUT2D eigenvalue weighted by Crippen LogP contribution is 2.29. The van der Waals surface area contributed by atoms with Crippen molar-refractivity contribution >= 4 is 22.6 Å². The fraction of sp³-hybridized carbons (Fsp3) is 0.571. The molecule has 1 rings (SSSR count). The maximum atomic E-state index is 5.87. The van der Waals surface area contributed by atoms with Gasteiger partial charge in [-0.25, -0.2) is 0 Å². The molecule has 16 heavy (non-hydrogen) atoms. The summed E-state index contributed by atoms with van der Waals surface area (Å²) >= 11 is 2.39. The second-order valence-electron chi connectivity index (χ2n) is 4.99. The van der Waals surface area contributed by atoms with Gasteiger partial charge >= 0.3 is 0 Å². The average Bonchev–Trinajstić information content (AvgIpc) is 2.19. The van der Waals surface area contributed by atoms with E-state index in [9.17, 15) is 0 Å². The minimum atomic E-state index is 0.551. The van der Waals surface area contributed by atoms with Crippen molar-refractivity contribution in [2.75, 3.05) is 6.61 Å². The summed E-state index contributed by atoms with van der Waals surface area (Å²) in [7, 11) is 0. The fourth-order valence-corrected chi connectivity index (χ4v) is 2.04. The highest BCUT2D eigenvalue weighted by atomic mass is 127. The smallest absolute Gasteiger partial charge is 0.123 e. The topological polar surface area (TPSA) is 9.23 Å². The summed E-state index contributed by atoms with van der Waals surface area (Å²) in [4.78, 5) is 0. The third-order valence-electron chi connectivity index (χ3n) is 2.56. The molecule has 1 aromatic rings. The van der Waals surface area contributed by atoms with Crippen LogP contribution in [0.3, 0.4) is 0 Å². The largest absolute Gasteiger partial charge is 0.493 e. The second kappa shape index (κ2) is 5.89. The lowest BCUT2D eigenvalue weighted by Crippen LogP contribution is -2.06. The number of benzene rings is 1. The molecule has 0 aliphatic rings. The molecule has 1 aromatic carbocycles. The normalized spacial score (nSPS) is 11.2. The summed E-state index contributed by atoms with van der Waals surface area (Å²) in [5.74, 6) is 2.17. The van der Waals surface area contributed by atoms with Crippen LogP contribution in [0.1, 0.15) is 44.7 Å². The summed E-state index contributed by atoms with van der Waals surface area (Å²) in [6.45, 7) is 11.7. The van der Waals surface area contributed by atoms with Crippen LogP contribution < -0.4 is 4.74 Å². The lowest BCUT2D eigenvalue weighted by Gasteiger charge is -2.15. The maximum absolute atomic E-state index is 5.87. The minimum Gasteiger partial charge on any atom is -0.493 e. The Morgan fingerprint density at radius 1 is 1.19 bits per heavy atom. The van der Waals surface area contributed by atoms with Crippen molar-refractivity contribution in [3.05, 3.63) is 26.8 Å². The van der Waals surface area contributed by atoms with Crippen molar-refractivity contribution in [1.82, 2.24) is 0 Å². The molecule has 0 N–H and O–H groups in total. The van der Waals surface area contributed by atoms with Crippen molar-refractivity contribution in [3.63, 3.8) is 0 Å². The first-order chi connectivity index (χ1) is 7.41. The Morgan fingerprint density at radius 3 is 2.31 bits per heavy atom. The summed E-state index contributed by atoms with van der Waals surface area (Å²) in [5.41, 5.74) is 2.61. The molecular formula is C14H21IO. The van der Waals surface area contributed by atoms with Crippen LogP contribution in [0, 0.1) is 16.4 Å². The molecule has 0 aliphatic heterocycles. The molecule has 0 spiro atoms. The number of rotatable bonds is 4. The van der Waals surface area contributed by atoms with Gasteiger partial charge in [0.05, 0.1) is 6.61 Å². The van der Waals surface area contributed by atoms with Crippen molar-refractivity contribution in [2.24, 2.45) is 5.92 Å². The van der Waals surface area contributed by atoms with Gasteiger partial charge in [-0.2, -0.15) is 0 Å². The monoisotopic (exact) mass is 332 g/mol. The van der Waals surface area contributed by atoms with E-state index in [1.807, 2.05) is 0 Å². The van der Waals surface area contributed by atoms with E-state index in [-0.39, 0.29) is 0 Å². The molecule has 0 amide bonds. The highest BCUT2D eigenvalue weighted by molar-refractivity contribution is 14.1. The number of halogens is 1. The molecular weight excluding hydrogens is 311 g/mol. The van der Waals surface area contributed by atoms with Crippen LogP contribution in [-0.4, -0.2) is 6.61 Å². The van der Waals surface area contributed by atoms with Crippen molar-refractivity contribution < 1.29 is 4.74 Å². The molecule has 2 heteroatoms. The van der Waals surface area contributed by atoms with Crippen molar-refractivity contribution in [1.29, 1.82) is 0 Å². The summed E-state index contributed by atoms with van der Waals surface area (Å²) < 4.78 is 7.16. The third kappa shape index (κ3) is 3.65. The third-order valence-corrected chi connectivity index (χ3v) is 3.68. The van der Waals surface area contributed by atoms with Crippen LogP contribution in [0.4, 0.5) is 0 Å². The van der Waals surface area contributed by atoms with Crippen molar-refractivity contribution in [3.8, 4) is 5.75 Å². The predicted molar refractivity (Wildman–Crippen MR) is 78.3 cm³/mol. The van der Waals surface area contributed by atoms with Crippen LogP contribution in [-0.2, 0) is 0 Å². The first-order valence-corrected chi connectivity index (χ1v) is 6.92. The SMILES string of the molecule is Cc1c(I)cc(C(C)C)cc1OCC(C)C. The lowest BCUT2D eigenvalue weighted by atomic mass is 10.0. The van der Waals surface area contributed by atoms with Gasteiger partial charge in [-0.3, -0.25) is 0 Å². The van der Waals surface area contributed by atoms with Crippen molar-refractivity contribution in [2.45, 2.75) is 40.5 Å². The molecule has 1 nitrogen and oxygen atoms in total. The molecule has 0 saturated carbocycles. The second-order valence-corrected chi connectivity index (χ2v) is 6.15. The van der Waals surface area contributed by atoms with Gasteiger partial charge in [-0.1, -0.05) is 27.7 Å². The molecule has 0 radical (unpaired) electrons. The molecule has 0 bridgehead atoms. The van der Waals surface area contributed by atoms with E-state index in [1.165, 1.54) is 14.7 Å². The quantitative estimate of drug-likeness (QED) is 0.723. The number of hydrogen-bond donors (Lipinski definition) is 0. The highest BCUT2D eigenvalue weighted by Gasteiger charge is 2.09. The van der Waals surface area contributed by atoms with E-state index in [1.54, 1.807) is 0 Å². The summed E-state index contributed by atoms with van der Waals surface area (Å²) in [6.07, 6.45) is 0. The average molecular weight is 332 g/mol. The molecule has 0 unspecified atom stereocenters. The van der Waals surface area contributed by atoms with Gasteiger partial charge in [-0.15, -0.1) is 0 Å².